The number of imide groups is 2. The van der Waals surface area contributed by atoms with Crippen molar-refractivity contribution in [3.63, 3.8) is 0 Å². The summed E-state index contributed by atoms with van der Waals surface area (Å²) in [7, 11) is 0. The molecule has 0 aliphatic carbocycles. The molecule has 2 aliphatic rings. The van der Waals surface area contributed by atoms with Gasteiger partial charge in [0.2, 0.25) is 0 Å². The van der Waals surface area contributed by atoms with Gasteiger partial charge in [0.1, 0.15) is 11.3 Å². The molecule has 0 spiro atoms. The highest BCUT2D eigenvalue weighted by Crippen LogP contribution is 2.30. The van der Waals surface area contributed by atoms with Gasteiger partial charge in [0.05, 0.1) is 11.4 Å². The van der Waals surface area contributed by atoms with E-state index in [-0.39, 0.29) is 5.57 Å². The summed E-state index contributed by atoms with van der Waals surface area (Å²) >= 11 is 0. The van der Waals surface area contributed by atoms with Crippen molar-refractivity contribution in [2.75, 3.05) is 27.8 Å². The molecule has 0 saturated carbocycles. The van der Waals surface area contributed by atoms with E-state index in [4.69, 9.17) is 4.42 Å². The lowest BCUT2D eigenvalue weighted by Gasteiger charge is -2.33. The number of barbiturate groups is 1. The molecule has 2 aliphatic heterocycles. The van der Waals surface area contributed by atoms with E-state index >= 15 is 0 Å². The Labute approximate surface area is 191 Å². The average molecular weight is 441 g/mol. The van der Waals surface area contributed by atoms with Crippen molar-refractivity contribution in [3.05, 3.63) is 84.1 Å². The first-order valence-electron chi connectivity index (χ1n) is 11.0. The zero-order chi connectivity index (χ0) is 22.8. The molecule has 1 aromatic heterocycles. The lowest BCUT2D eigenvalue weighted by Crippen LogP contribution is -2.57. The van der Waals surface area contributed by atoms with Crippen LogP contribution in [0, 0.1) is 0 Å². The zero-order valence-corrected chi connectivity index (χ0v) is 18.0. The van der Waals surface area contributed by atoms with Gasteiger partial charge in [-0.15, -0.1) is 0 Å². The van der Waals surface area contributed by atoms with Crippen LogP contribution >= 0.6 is 0 Å². The summed E-state index contributed by atoms with van der Waals surface area (Å²) in [5.41, 5.74) is 0.641. The van der Waals surface area contributed by atoms with Gasteiger partial charge in [0, 0.05) is 19.2 Å². The fourth-order valence-corrected chi connectivity index (χ4v) is 4.19. The summed E-state index contributed by atoms with van der Waals surface area (Å²) < 4.78 is 5.95. The zero-order valence-electron chi connectivity index (χ0n) is 18.0. The number of nitrogens with zero attached hydrogens (tertiary/aromatic N) is 3. The second kappa shape index (κ2) is 8.78. The van der Waals surface area contributed by atoms with Crippen molar-refractivity contribution in [2.45, 2.75) is 19.3 Å². The van der Waals surface area contributed by atoms with E-state index in [0.29, 0.717) is 23.0 Å². The Hall–Kier alpha value is -4.13. The van der Waals surface area contributed by atoms with Crippen molar-refractivity contribution < 1.29 is 18.8 Å². The highest BCUT2D eigenvalue weighted by molar-refractivity contribution is 6.46. The number of hydrogen-bond acceptors (Lipinski definition) is 5. The quantitative estimate of drug-likeness (QED) is 0.427. The predicted octanol–water partition coefficient (Wildman–Crippen LogP) is 4.85. The molecule has 7 heteroatoms. The summed E-state index contributed by atoms with van der Waals surface area (Å²) in [6.45, 7) is 1.83. The highest BCUT2D eigenvalue weighted by atomic mass is 16.4. The van der Waals surface area contributed by atoms with E-state index in [1.165, 1.54) is 12.5 Å². The van der Waals surface area contributed by atoms with Crippen LogP contribution in [-0.4, -0.2) is 30.9 Å². The number of rotatable bonds is 4. The van der Waals surface area contributed by atoms with E-state index in [0.717, 1.165) is 35.7 Å². The minimum absolute atomic E-state index is 0.137. The molecule has 0 atom stereocenters. The first-order chi connectivity index (χ1) is 16.1. The van der Waals surface area contributed by atoms with Crippen LogP contribution in [0.25, 0.3) is 6.08 Å². The van der Waals surface area contributed by atoms with E-state index < -0.39 is 17.8 Å². The molecule has 3 aromatic rings. The third-order valence-corrected chi connectivity index (χ3v) is 5.85. The second-order valence-corrected chi connectivity index (χ2v) is 8.02. The largest absolute Gasteiger partial charge is 0.441 e. The van der Waals surface area contributed by atoms with Crippen LogP contribution in [0.4, 0.5) is 22.1 Å². The van der Waals surface area contributed by atoms with Gasteiger partial charge in [-0.3, -0.25) is 9.59 Å². The van der Waals surface area contributed by atoms with Gasteiger partial charge >= 0.3 is 6.03 Å². The van der Waals surface area contributed by atoms with Gasteiger partial charge in [0.15, 0.2) is 5.88 Å². The van der Waals surface area contributed by atoms with Crippen LogP contribution in [0.2, 0.25) is 0 Å². The summed E-state index contributed by atoms with van der Waals surface area (Å²) in [6, 6.07) is 20.1. The SMILES string of the molecule is O=C1C(=Cc2ccc(N3CCCCC3)o2)C(=O)N(c2ccccc2)C(=O)N1c1ccccc1. The number of para-hydroxylation sites is 2. The summed E-state index contributed by atoms with van der Waals surface area (Å²) in [4.78, 5) is 44.3. The Morgan fingerprint density at radius 1 is 0.667 bits per heavy atom. The molecule has 5 rings (SSSR count). The van der Waals surface area contributed by atoms with E-state index in [1.54, 1.807) is 66.7 Å². The van der Waals surface area contributed by atoms with E-state index in [1.807, 2.05) is 6.07 Å². The van der Waals surface area contributed by atoms with Gasteiger partial charge in [-0.2, -0.15) is 0 Å². The molecule has 0 unspecified atom stereocenters. The van der Waals surface area contributed by atoms with Crippen LogP contribution in [-0.2, 0) is 9.59 Å². The average Bonchev–Trinajstić information content (AvgIpc) is 3.33. The molecule has 4 amide bonds. The molecule has 7 nitrogen and oxygen atoms in total. The first-order valence-corrected chi connectivity index (χ1v) is 11.0. The number of piperidine rings is 1. The maximum atomic E-state index is 13.4. The van der Waals surface area contributed by atoms with Gasteiger partial charge < -0.3 is 9.32 Å². The number of anilines is 3. The molecule has 3 heterocycles. The topological polar surface area (TPSA) is 74.1 Å². The van der Waals surface area contributed by atoms with Crippen molar-refractivity contribution in [1.82, 2.24) is 0 Å². The minimum atomic E-state index is -0.715. The molecule has 33 heavy (non-hydrogen) atoms. The Bertz CT molecular complexity index is 1150. The molecule has 2 aromatic carbocycles. The molecule has 2 fully saturated rings. The standard InChI is InChI=1S/C26H23N3O4/c30-24-22(18-21-14-15-23(33-21)27-16-8-3-9-17-27)25(31)29(20-12-6-2-7-13-20)26(32)28(24)19-10-4-1-5-11-19/h1-2,4-7,10-15,18H,3,8-9,16-17H2. The third kappa shape index (κ3) is 3.93. The number of urea groups is 1. The third-order valence-electron chi connectivity index (χ3n) is 5.85. The molecule has 0 N–H and O–H groups in total. The maximum Gasteiger partial charge on any atom is 0.343 e. The van der Waals surface area contributed by atoms with Crippen molar-refractivity contribution in [2.24, 2.45) is 0 Å². The van der Waals surface area contributed by atoms with Gasteiger partial charge in [-0.25, -0.2) is 14.6 Å². The first kappa shape index (κ1) is 20.8. The van der Waals surface area contributed by atoms with E-state index in [9.17, 15) is 14.4 Å². The Balaban J connectivity index is 1.55. The van der Waals surface area contributed by atoms with Crippen LogP contribution in [0.1, 0.15) is 25.0 Å². The van der Waals surface area contributed by atoms with Crippen molar-refractivity contribution in [1.29, 1.82) is 0 Å². The lowest BCUT2D eigenvalue weighted by atomic mass is 10.1. The fraction of sp³-hybridized carbons (Fsp3) is 0.192. The van der Waals surface area contributed by atoms with Crippen LogP contribution in [0.15, 0.2) is 82.8 Å². The number of hydrogen-bond donors (Lipinski definition) is 0. The normalized spacial score (nSPS) is 17.0. The molecule has 2 saturated heterocycles. The van der Waals surface area contributed by atoms with Gasteiger partial charge in [-0.05, 0) is 55.7 Å². The molecular formula is C26H23N3O4. The smallest absolute Gasteiger partial charge is 0.343 e. The highest BCUT2D eigenvalue weighted by Gasteiger charge is 2.43. The van der Waals surface area contributed by atoms with Gasteiger partial charge in [0.25, 0.3) is 11.8 Å². The van der Waals surface area contributed by atoms with Crippen LogP contribution in [0.3, 0.4) is 0 Å². The number of carbonyl (C=O) groups excluding carboxylic acids is 3. The maximum absolute atomic E-state index is 13.4. The fourth-order valence-electron chi connectivity index (χ4n) is 4.19. The summed E-state index contributed by atoms with van der Waals surface area (Å²) in [5.74, 6) is -0.255. The van der Waals surface area contributed by atoms with Gasteiger partial charge in [-0.1, -0.05) is 36.4 Å². The minimum Gasteiger partial charge on any atom is -0.441 e. The molecule has 0 bridgehead atoms. The Kier molecular flexibility index (Phi) is 5.52. The lowest BCUT2D eigenvalue weighted by molar-refractivity contribution is -0.121. The monoisotopic (exact) mass is 441 g/mol. The van der Waals surface area contributed by atoms with E-state index in [2.05, 4.69) is 4.90 Å². The number of furan rings is 1. The number of amides is 4. The van der Waals surface area contributed by atoms with Crippen molar-refractivity contribution in [3.8, 4) is 0 Å². The molecule has 166 valence electrons. The van der Waals surface area contributed by atoms with Crippen LogP contribution < -0.4 is 14.7 Å². The number of carbonyl (C=O) groups is 3. The predicted molar refractivity (Wildman–Crippen MR) is 126 cm³/mol. The second-order valence-electron chi connectivity index (χ2n) is 8.02. The van der Waals surface area contributed by atoms with Crippen molar-refractivity contribution >= 4 is 41.2 Å². The molecule has 0 radical (unpaired) electrons. The Morgan fingerprint density at radius 3 is 1.76 bits per heavy atom. The van der Waals surface area contributed by atoms with Crippen LogP contribution in [0.5, 0.6) is 0 Å². The summed E-state index contributed by atoms with van der Waals surface area (Å²) in [5, 5.41) is 0. The summed E-state index contributed by atoms with van der Waals surface area (Å²) in [6.07, 6.45) is 4.84. The Morgan fingerprint density at radius 2 is 1.21 bits per heavy atom. The number of benzene rings is 2. The molecular weight excluding hydrogens is 418 g/mol.